The summed E-state index contributed by atoms with van der Waals surface area (Å²) in [6.07, 6.45) is 0. The monoisotopic (exact) mass is 713 g/mol. The van der Waals surface area contributed by atoms with Gasteiger partial charge in [-0.05, 0) is 109 Å². The number of nitrogens with zero attached hydrogens (tertiary/aromatic N) is 1. The Balaban J connectivity index is 1.14. The molecule has 0 atom stereocenters. The zero-order chi connectivity index (χ0) is 37.3. The van der Waals surface area contributed by atoms with E-state index in [0.717, 1.165) is 17.1 Å². The van der Waals surface area contributed by atoms with Crippen molar-refractivity contribution in [2.75, 3.05) is 4.90 Å². The number of hydrogen-bond donors (Lipinski definition) is 0. The van der Waals surface area contributed by atoms with Gasteiger partial charge in [0.25, 0.3) is 0 Å². The van der Waals surface area contributed by atoms with Gasteiger partial charge in [0.05, 0.1) is 5.41 Å². The molecule has 1 aliphatic rings. The van der Waals surface area contributed by atoms with Gasteiger partial charge in [0.2, 0.25) is 0 Å². The molecule has 0 radical (unpaired) electrons. The van der Waals surface area contributed by atoms with E-state index in [1.165, 1.54) is 66.8 Å². The third-order valence-corrected chi connectivity index (χ3v) is 11.3. The number of hydrogen-bond acceptors (Lipinski definition) is 1. The van der Waals surface area contributed by atoms with E-state index in [1.807, 2.05) is 0 Å². The van der Waals surface area contributed by atoms with Crippen molar-refractivity contribution in [1.29, 1.82) is 0 Å². The van der Waals surface area contributed by atoms with E-state index >= 15 is 0 Å². The number of rotatable bonds is 8. The predicted octanol–water partition coefficient (Wildman–Crippen LogP) is 14.5. The van der Waals surface area contributed by atoms with Gasteiger partial charge in [-0.25, -0.2) is 0 Å². The van der Waals surface area contributed by atoms with Crippen LogP contribution in [0.5, 0.6) is 0 Å². The topological polar surface area (TPSA) is 3.24 Å². The van der Waals surface area contributed by atoms with Gasteiger partial charge in [-0.1, -0.05) is 194 Å². The molecule has 1 nitrogen and oxygen atoms in total. The smallest absolute Gasteiger partial charge is 0.0714 e. The van der Waals surface area contributed by atoms with Crippen molar-refractivity contribution in [3.63, 3.8) is 0 Å². The van der Waals surface area contributed by atoms with E-state index in [0.29, 0.717) is 0 Å². The van der Waals surface area contributed by atoms with Crippen LogP contribution in [-0.2, 0) is 5.41 Å². The summed E-state index contributed by atoms with van der Waals surface area (Å²) in [4.78, 5) is 2.41. The lowest BCUT2D eigenvalue weighted by atomic mass is 9.67. The number of anilines is 3. The fraction of sp³-hybridized carbons (Fsp3) is 0.0182. The highest BCUT2D eigenvalue weighted by atomic mass is 15.1. The molecule has 0 amide bonds. The quantitative estimate of drug-likeness (QED) is 0.152. The molecule has 56 heavy (non-hydrogen) atoms. The second-order valence-electron chi connectivity index (χ2n) is 14.5. The van der Waals surface area contributed by atoms with Crippen LogP contribution < -0.4 is 4.90 Å². The zero-order valence-corrected chi connectivity index (χ0v) is 31.0. The maximum Gasteiger partial charge on any atom is 0.0714 e. The molecule has 9 aromatic rings. The summed E-state index contributed by atoms with van der Waals surface area (Å²) in [5.74, 6) is 0. The van der Waals surface area contributed by atoms with Crippen LogP contribution in [0.15, 0.2) is 237 Å². The van der Waals surface area contributed by atoms with Gasteiger partial charge < -0.3 is 4.90 Å². The van der Waals surface area contributed by atoms with Crippen LogP contribution in [0, 0.1) is 0 Å². The summed E-state index contributed by atoms with van der Waals surface area (Å²) in [5.41, 5.74) is 17.7. The molecule has 10 rings (SSSR count). The molecular formula is C55H39N. The summed E-state index contributed by atoms with van der Waals surface area (Å²) < 4.78 is 0. The van der Waals surface area contributed by atoms with Crippen molar-refractivity contribution in [2.24, 2.45) is 0 Å². The Morgan fingerprint density at radius 3 is 1.25 bits per heavy atom. The van der Waals surface area contributed by atoms with E-state index < -0.39 is 5.41 Å². The molecule has 9 aromatic carbocycles. The normalized spacial score (nSPS) is 12.4. The fourth-order valence-corrected chi connectivity index (χ4v) is 8.80. The molecule has 0 saturated heterocycles. The van der Waals surface area contributed by atoms with Gasteiger partial charge in [-0.15, -0.1) is 0 Å². The fourth-order valence-electron chi connectivity index (χ4n) is 8.80. The van der Waals surface area contributed by atoms with Gasteiger partial charge in [-0.2, -0.15) is 0 Å². The first-order valence-electron chi connectivity index (χ1n) is 19.3. The zero-order valence-electron chi connectivity index (χ0n) is 31.0. The van der Waals surface area contributed by atoms with E-state index in [9.17, 15) is 0 Å². The van der Waals surface area contributed by atoms with E-state index in [2.05, 4.69) is 241 Å². The minimum atomic E-state index is -0.490. The van der Waals surface area contributed by atoms with Crippen LogP contribution in [0.3, 0.4) is 0 Å². The summed E-state index contributed by atoms with van der Waals surface area (Å²) in [6, 6.07) is 86.2. The van der Waals surface area contributed by atoms with Crippen LogP contribution in [0.2, 0.25) is 0 Å². The molecule has 0 bridgehead atoms. The maximum atomic E-state index is 2.41. The van der Waals surface area contributed by atoms with Crippen molar-refractivity contribution in [3.05, 3.63) is 259 Å². The third-order valence-electron chi connectivity index (χ3n) is 11.3. The highest BCUT2D eigenvalue weighted by Crippen LogP contribution is 2.56. The van der Waals surface area contributed by atoms with Gasteiger partial charge in [-0.3, -0.25) is 0 Å². The van der Waals surface area contributed by atoms with Crippen molar-refractivity contribution in [1.82, 2.24) is 0 Å². The second kappa shape index (κ2) is 14.2. The minimum Gasteiger partial charge on any atom is -0.310 e. The predicted molar refractivity (Wildman–Crippen MR) is 235 cm³/mol. The Morgan fingerprint density at radius 1 is 0.250 bits per heavy atom. The minimum absolute atomic E-state index is 0.490. The molecule has 1 aliphatic carbocycles. The van der Waals surface area contributed by atoms with Crippen molar-refractivity contribution in [2.45, 2.75) is 5.41 Å². The Bertz CT molecular complexity index is 2740. The van der Waals surface area contributed by atoms with Crippen LogP contribution in [0.25, 0.3) is 44.5 Å². The first-order valence-corrected chi connectivity index (χ1v) is 19.3. The average molecular weight is 714 g/mol. The van der Waals surface area contributed by atoms with Gasteiger partial charge in [0.1, 0.15) is 0 Å². The van der Waals surface area contributed by atoms with Crippen LogP contribution in [-0.4, -0.2) is 0 Å². The molecule has 0 N–H and O–H groups in total. The highest BCUT2D eigenvalue weighted by molar-refractivity contribution is 5.88. The molecule has 0 unspecified atom stereocenters. The Hall–Kier alpha value is -7.22. The summed E-state index contributed by atoms with van der Waals surface area (Å²) >= 11 is 0. The lowest BCUT2D eigenvalue weighted by molar-refractivity contribution is 0.768. The Kier molecular flexibility index (Phi) is 8.46. The first-order chi connectivity index (χ1) is 27.8. The first kappa shape index (κ1) is 33.4. The molecule has 0 aliphatic heterocycles. The van der Waals surface area contributed by atoms with Crippen molar-refractivity contribution >= 4 is 17.1 Å². The molecule has 1 heteroatoms. The average Bonchev–Trinajstić information content (AvgIpc) is 3.59. The van der Waals surface area contributed by atoms with Crippen molar-refractivity contribution in [3.8, 4) is 44.5 Å². The summed E-state index contributed by atoms with van der Waals surface area (Å²) in [7, 11) is 0. The molecule has 0 fully saturated rings. The molecule has 0 heterocycles. The Morgan fingerprint density at radius 2 is 0.661 bits per heavy atom. The van der Waals surface area contributed by atoms with E-state index in [4.69, 9.17) is 0 Å². The third kappa shape index (κ3) is 5.73. The molecule has 0 saturated carbocycles. The largest absolute Gasteiger partial charge is 0.310 e. The molecule has 0 aromatic heterocycles. The SMILES string of the molecule is c1ccc(-c2cccc(-c3ccc(N(c4cccc(-c5ccccc5)c4)c4cccc(C5(c6ccccc6)c6ccccc6-c6ccccc65)c4)cc3)c2)cc1. The Labute approximate surface area is 329 Å². The summed E-state index contributed by atoms with van der Waals surface area (Å²) in [5, 5.41) is 0. The van der Waals surface area contributed by atoms with Gasteiger partial charge in [0.15, 0.2) is 0 Å². The van der Waals surface area contributed by atoms with Crippen LogP contribution in [0.1, 0.15) is 22.3 Å². The maximum absolute atomic E-state index is 2.41. The van der Waals surface area contributed by atoms with Crippen LogP contribution >= 0.6 is 0 Å². The van der Waals surface area contributed by atoms with Crippen molar-refractivity contribution < 1.29 is 0 Å². The van der Waals surface area contributed by atoms with Gasteiger partial charge >= 0.3 is 0 Å². The molecule has 264 valence electrons. The van der Waals surface area contributed by atoms with Crippen LogP contribution in [0.4, 0.5) is 17.1 Å². The molecule has 0 spiro atoms. The van der Waals surface area contributed by atoms with Gasteiger partial charge in [0, 0.05) is 17.1 Å². The highest BCUT2D eigenvalue weighted by Gasteiger charge is 2.46. The lowest BCUT2D eigenvalue weighted by Crippen LogP contribution is -2.28. The second-order valence-corrected chi connectivity index (χ2v) is 14.5. The standard InChI is InChI=1S/C55H39N/c1-4-17-40(18-5-1)43-21-14-22-44(37-43)42-33-35-48(36-34-42)56(49-27-15-23-45(38-49)41-19-6-2-7-20-41)50-28-16-26-47(39-50)55(46-24-8-3-9-25-46)53-31-12-10-29-51(53)52-30-11-13-32-54(52)55/h1-39H. The number of benzene rings is 9. The lowest BCUT2D eigenvalue weighted by Gasteiger charge is -2.35. The summed E-state index contributed by atoms with van der Waals surface area (Å²) in [6.45, 7) is 0. The van der Waals surface area contributed by atoms with E-state index in [1.54, 1.807) is 0 Å². The molecular weight excluding hydrogens is 675 g/mol. The number of fused-ring (bicyclic) bond motifs is 3. The van der Waals surface area contributed by atoms with E-state index in [-0.39, 0.29) is 0 Å².